The zero-order valence-corrected chi connectivity index (χ0v) is 17.2. The van der Waals surface area contributed by atoms with Gasteiger partial charge in [-0.1, -0.05) is 36.1 Å². The van der Waals surface area contributed by atoms with Gasteiger partial charge in [0.1, 0.15) is 17.3 Å². The van der Waals surface area contributed by atoms with Gasteiger partial charge in [0.15, 0.2) is 4.32 Å². The van der Waals surface area contributed by atoms with Crippen molar-refractivity contribution in [2.24, 2.45) is 0 Å². The number of para-hydroxylation sites is 1. The maximum Gasteiger partial charge on any atom is 0.280 e. The van der Waals surface area contributed by atoms with Crippen LogP contribution in [0.3, 0.4) is 0 Å². The molecular formula is C21H14N2O5S2. The van der Waals surface area contributed by atoms with Crippen LogP contribution in [-0.4, -0.2) is 22.3 Å². The van der Waals surface area contributed by atoms with Crippen molar-refractivity contribution in [1.82, 2.24) is 0 Å². The minimum Gasteiger partial charge on any atom is -0.497 e. The standard InChI is InChI=1S/C21H14N2O5S2/c1-27-14-8-6-13(7-9-14)22-20(24)19(30-21(22)29)12-15-10-11-18(28-15)16-4-2-3-5-17(16)23(25)26/h2-12H,1H3. The molecule has 0 N–H and O–H groups in total. The first kappa shape index (κ1) is 19.9. The average Bonchev–Trinajstić information content (AvgIpc) is 3.32. The molecule has 1 saturated heterocycles. The predicted octanol–water partition coefficient (Wildman–Crippen LogP) is 5.27. The first-order valence-corrected chi connectivity index (χ1v) is 9.96. The van der Waals surface area contributed by atoms with E-state index in [0.29, 0.717) is 37.7 Å². The van der Waals surface area contributed by atoms with E-state index >= 15 is 0 Å². The van der Waals surface area contributed by atoms with E-state index in [4.69, 9.17) is 21.4 Å². The Hall–Kier alpha value is -3.43. The zero-order chi connectivity index (χ0) is 21.3. The maximum absolute atomic E-state index is 12.9. The minimum atomic E-state index is -0.461. The SMILES string of the molecule is COc1ccc(N2C(=O)C(=Cc3ccc(-c4ccccc4[N+](=O)[O-])o3)SC2=S)cc1. The number of furan rings is 1. The van der Waals surface area contributed by atoms with Crippen LogP contribution in [0.2, 0.25) is 0 Å². The van der Waals surface area contributed by atoms with Crippen molar-refractivity contribution in [3.63, 3.8) is 0 Å². The number of nitro benzene ring substituents is 1. The van der Waals surface area contributed by atoms with E-state index in [-0.39, 0.29) is 11.6 Å². The Morgan fingerprint density at radius 3 is 2.57 bits per heavy atom. The number of methoxy groups -OCH3 is 1. The van der Waals surface area contributed by atoms with Gasteiger partial charge in [0.25, 0.3) is 11.6 Å². The lowest BCUT2D eigenvalue weighted by Gasteiger charge is -2.14. The molecule has 2 aromatic carbocycles. The van der Waals surface area contributed by atoms with Crippen LogP contribution in [-0.2, 0) is 4.79 Å². The second kappa shape index (κ2) is 8.13. The fourth-order valence-corrected chi connectivity index (χ4v) is 4.25. The molecule has 0 aliphatic carbocycles. The van der Waals surface area contributed by atoms with Crippen LogP contribution in [0.4, 0.5) is 11.4 Å². The molecule has 3 aromatic rings. The van der Waals surface area contributed by atoms with E-state index < -0.39 is 4.92 Å². The Morgan fingerprint density at radius 2 is 1.87 bits per heavy atom. The van der Waals surface area contributed by atoms with Crippen LogP contribution in [0.15, 0.2) is 70.0 Å². The third-order valence-corrected chi connectivity index (χ3v) is 5.69. The number of rotatable bonds is 5. The summed E-state index contributed by atoms with van der Waals surface area (Å²) < 4.78 is 11.3. The van der Waals surface area contributed by atoms with Gasteiger partial charge in [0.2, 0.25) is 0 Å². The molecule has 1 fully saturated rings. The Morgan fingerprint density at radius 1 is 1.13 bits per heavy atom. The van der Waals surface area contributed by atoms with E-state index in [1.165, 1.54) is 11.0 Å². The lowest BCUT2D eigenvalue weighted by atomic mass is 10.1. The molecular weight excluding hydrogens is 424 g/mol. The number of ether oxygens (including phenoxy) is 1. The summed E-state index contributed by atoms with van der Waals surface area (Å²) in [6.45, 7) is 0. The molecule has 0 saturated carbocycles. The van der Waals surface area contributed by atoms with E-state index in [2.05, 4.69) is 0 Å². The second-order valence-corrected chi connectivity index (χ2v) is 7.87. The summed E-state index contributed by atoms with van der Waals surface area (Å²) in [4.78, 5) is 25.5. The molecule has 0 spiro atoms. The van der Waals surface area contributed by atoms with E-state index in [9.17, 15) is 14.9 Å². The van der Waals surface area contributed by atoms with E-state index in [1.807, 2.05) is 0 Å². The van der Waals surface area contributed by atoms with Crippen molar-refractivity contribution < 1.29 is 18.9 Å². The fraction of sp³-hybridized carbons (Fsp3) is 0.0476. The highest BCUT2D eigenvalue weighted by atomic mass is 32.2. The van der Waals surface area contributed by atoms with Crippen molar-refractivity contribution in [2.75, 3.05) is 12.0 Å². The molecule has 0 unspecified atom stereocenters. The topological polar surface area (TPSA) is 85.8 Å². The smallest absolute Gasteiger partial charge is 0.280 e. The highest BCUT2D eigenvalue weighted by Gasteiger charge is 2.33. The highest BCUT2D eigenvalue weighted by Crippen LogP contribution is 2.37. The molecule has 9 heteroatoms. The van der Waals surface area contributed by atoms with Crippen LogP contribution in [0.1, 0.15) is 5.76 Å². The number of hydrogen-bond donors (Lipinski definition) is 0. The number of amides is 1. The summed E-state index contributed by atoms with van der Waals surface area (Å²) >= 11 is 6.54. The van der Waals surface area contributed by atoms with Gasteiger partial charge >= 0.3 is 0 Å². The van der Waals surface area contributed by atoms with Crippen molar-refractivity contribution in [3.05, 3.63) is 81.4 Å². The Kier molecular flexibility index (Phi) is 5.39. The van der Waals surface area contributed by atoms with Gasteiger partial charge in [0, 0.05) is 12.1 Å². The number of thioether (sulfide) groups is 1. The summed E-state index contributed by atoms with van der Waals surface area (Å²) in [6.07, 6.45) is 1.58. The van der Waals surface area contributed by atoms with Crippen LogP contribution < -0.4 is 9.64 Å². The molecule has 1 aliphatic rings. The molecule has 4 rings (SSSR count). The van der Waals surface area contributed by atoms with Crippen LogP contribution >= 0.6 is 24.0 Å². The Bertz CT molecular complexity index is 1180. The number of nitrogens with zero attached hydrogens (tertiary/aromatic N) is 2. The van der Waals surface area contributed by atoms with E-state index in [1.54, 1.807) is 67.8 Å². The Balaban J connectivity index is 1.61. The average molecular weight is 438 g/mol. The van der Waals surface area contributed by atoms with Gasteiger partial charge in [-0.2, -0.15) is 0 Å². The molecule has 1 amide bonds. The lowest BCUT2D eigenvalue weighted by molar-refractivity contribution is -0.384. The maximum atomic E-state index is 12.9. The van der Waals surface area contributed by atoms with E-state index in [0.717, 1.165) is 11.8 Å². The van der Waals surface area contributed by atoms with Gasteiger partial charge in [-0.3, -0.25) is 19.8 Å². The molecule has 0 radical (unpaired) electrons. The fourth-order valence-electron chi connectivity index (χ4n) is 2.97. The highest BCUT2D eigenvalue weighted by molar-refractivity contribution is 8.27. The van der Waals surface area contributed by atoms with Crippen molar-refractivity contribution >= 4 is 51.7 Å². The molecule has 7 nitrogen and oxygen atoms in total. The number of nitro groups is 1. The molecule has 2 heterocycles. The normalized spacial score (nSPS) is 15.1. The van der Waals surface area contributed by atoms with Gasteiger partial charge < -0.3 is 9.15 Å². The molecule has 0 bridgehead atoms. The number of hydrogen-bond acceptors (Lipinski definition) is 7. The van der Waals surface area contributed by atoms with Gasteiger partial charge in [-0.05, 0) is 42.5 Å². The van der Waals surface area contributed by atoms with Crippen LogP contribution in [0.25, 0.3) is 17.4 Å². The number of anilines is 1. The van der Waals surface area contributed by atoms with Crippen LogP contribution in [0.5, 0.6) is 5.75 Å². The largest absolute Gasteiger partial charge is 0.497 e. The number of benzene rings is 2. The third kappa shape index (κ3) is 3.72. The summed E-state index contributed by atoms with van der Waals surface area (Å²) in [5, 5.41) is 11.2. The first-order valence-electron chi connectivity index (χ1n) is 8.73. The van der Waals surface area contributed by atoms with Gasteiger partial charge in [-0.15, -0.1) is 0 Å². The number of carbonyl (C=O) groups excluding carboxylic acids is 1. The van der Waals surface area contributed by atoms with Gasteiger partial charge in [-0.25, -0.2) is 0 Å². The number of carbonyl (C=O) groups is 1. The molecule has 0 atom stereocenters. The molecule has 1 aliphatic heterocycles. The second-order valence-electron chi connectivity index (χ2n) is 6.19. The van der Waals surface area contributed by atoms with Gasteiger partial charge in [0.05, 0.1) is 28.2 Å². The van der Waals surface area contributed by atoms with Crippen molar-refractivity contribution in [2.45, 2.75) is 0 Å². The molecule has 150 valence electrons. The molecule has 1 aromatic heterocycles. The summed E-state index contributed by atoms with van der Waals surface area (Å²) in [6, 6.07) is 16.6. The third-order valence-electron chi connectivity index (χ3n) is 4.39. The summed E-state index contributed by atoms with van der Waals surface area (Å²) in [7, 11) is 1.57. The van der Waals surface area contributed by atoms with Crippen molar-refractivity contribution in [3.8, 4) is 17.1 Å². The Labute approximate surface area is 181 Å². The molecule has 30 heavy (non-hydrogen) atoms. The monoisotopic (exact) mass is 438 g/mol. The zero-order valence-electron chi connectivity index (χ0n) is 15.6. The first-order chi connectivity index (χ1) is 14.5. The summed E-state index contributed by atoms with van der Waals surface area (Å²) in [5.74, 6) is 1.16. The predicted molar refractivity (Wildman–Crippen MR) is 119 cm³/mol. The quantitative estimate of drug-likeness (QED) is 0.232. The number of thiocarbonyl (C=S) groups is 1. The van der Waals surface area contributed by atoms with Crippen molar-refractivity contribution in [1.29, 1.82) is 0 Å². The minimum absolute atomic E-state index is 0.0516. The lowest BCUT2D eigenvalue weighted by Crippen LogP contribution is -2.27. The van der Waals surface area contributed by atoms with Crippen LogP contribution in [0, 0.1) is 10.1 Å². The summed E-state index contributed by atoms with van der Waals surface area (Å²) in [5.41, 5.74) is 0.957.